The molecule has 0 amide bonds. The van der Waals surface area contributed by atoms with Crippen LogP contribution in [-0.2, 0) is 6.42 Å². The number of aromatic nitrogens is 2. The Kier molecular flexibility index (Phi) is 3.15. The Morgan fingerprint density at radius 3 is 3.10 bits per heavy atom. The molecule has 108 valence electrons. The van der Waals surface area contributed by atoms with Gasteiger partial charge in [0.15, 0.2) is 0 Å². The molecule has 3 heterocycles. The van der Waals surface area contributed by atoms with Crippen LogP contribution in [-0.4, -0.2) is 34.5 Å². The zero-order chi connectivity index (χ0) is 14.2. The highest BCUT2D eigenvalue weighted by atomic mass is 15.1. The van der Waals surface area contributed by atoms with E-state index in [9.17, 15) is 0 Å². The lowest BCUT2D eigenvalue weighted by Crippen LogP contribution is -2.25. The second-order valence-corrected chi connectivity index (χ2v) is 6.19. The van der Waals surface area contributed by atoms with Crippen LogP contribution < -0.4 is 0 Å². The molecule has 1 unspecified atom stereocenters. The topological polar surface area (TPSA) is 31.9 Å². The van der Waals surface area contributed by atoms with Crippen LogP contribution in [0.15, 0.2) is 36.7 Å². The zero-order valence-electron chi connectivity index (χ0n) is 12.5. The van der Waals surface area contributed by atoms with Gasteiger partial charge in [0.25, 0.3) is 0 Å². The van der Waals surface area contributed by atoms with Crippen LogP contribution in [0, 0.1) is 0 Å². The first-order valence-electron chi connectivity index (χ1n) is 7.87. The van der Waals surface area contributed by atoms with Crippen molar-refractivity contribution < 1.29 is 0 Å². The summed E-state index contributed by atoms with van der Waals surface area (Å²) < 4.78 is 0. The molecule has 0 radical (unpaired) electrons. The molecule has 1 aliphatic heterocycles. The fourth-order valence-corrected chi connectivity index (χ4v) is 3.69. The van der Waals surface area contributed by atoms with Gasteiger partial charge in [-0.25, -0.2) is 0 Å². The number of para-hydroxylation sites is 1. The average Bonchev–Trinajstić information content (AvgIpc) is 3.11. The molecule has 1 saturated heterocycles. The highest BCUT2D eigenvalue weighted by Crippen LogP contribution is 2.28. The minimum atomic E-state index is 0.747. The summed E-state index contributed by atoms with van der Waals surface area (Å²) in [6, 6.07) is 9.18. The lowest BCUT2D eigenvalue weighted by molar-refractivity contribution is 0.296. The van der Waals surface area contributed by atoms with Gasteiger partial charge in [0, 0.05) is 40.3 Å². The molecule has 21 heavy (non-hydrogen) atoms. The highest BCUT2D eigenvalue weighted by Gasteiger charge is 2.21. The van der Waals surface area contributed by atoms with Crippen LogP contribution in [0.3, 0.4) is 0 Å². The van der Waals surface area contributed by atoms with Gasteiger partial charge in [-0.05, 0) is 45.3 Å². The first kappa shape index (κ1) is 12.8. The Bertz CT molecular complexity index is 774. The summed E-state index contributed by atoms with van der Waals surface area (Å²) in [5.74, 6) is 0. The molecule has 3 heteroatoms. The van der Waals surface area contributed by atoms with Crippen molar-refractivity contribution in [2.24, 2.45) is 0 Å². The van der Waals surface area contributed by atoms with E-state index in [1.807, 2.05) is 6.20 Å². The molecule has 1 N–H and O–H groups in total. The number of fused-ring (bicyclic) bond motifs is 3. The second kappa shape index (κ2) is 5.15. The fraction of sp³-hybridized carbons (Fsp3) is 0.389. The Morgan fingerprint density at radius 2 is 2.24 bits per heavy atom. The predicted octanol–water partition coefficient (Wildman–Crippen LogP) is 3.74. The largest absolute Gasteiger partial charge is 0.364 e. The number of rotatable bonds is 3. The summed E-state index contributed by atoms with van der Waals surface area (Å²) in [6.07, 6.45) is 9.13. The third-order valence-corrected chi connectivity index (χ3v) is 4.91. The Morgan fingerprint density at radius 1 is 1.33 bits per heavy atom. The number of hydrogen-bond donors (Lipinski definition) is 1. The Hall–Kier alpha value is -1.87. The van der Waals surface area contributed by atoms with Crippen LogP contribution in [0.5, 0.6) is 0 Å². The van der Waals surface area contributed by atoms with Crippen molar-refractivity contribution >= 4 is 21.7 Å². The normalized spacial score (nSPS) is 19.8. The Balaban J connectivity index is 1.70. The number of hydrogen-bond acceptors (Lipinski definition) is 2. The maximum absolute atomic E-state index is 4.54. The maximum atomic E-state index is 4.54. The van der Waals surface area contributed by atoms with Crippen LogP contribution in [0.4, 0.5) is 0 Å². The molecule has 4 rings (SSSR count). The molecule has 0 aliphatic carbocycles. The minimum absolute atomic E-state index is 0.747. The van der Waals surface area contributed by atoms with Crippen LogP contribution in [0.1, 0.15) is 25.0 Å². The van der Waals surface area contributed by atoms with Gasteiger partial charge in [0.2, 0.25) is 0 Å². The average molecular weight is 279 g/mol. The summed E-state index contributed by atoms with van der Waals surface area (Å²) in [4.78, 5) is 10.5. The van der Waals surface area contributed by atoms with E-state index < -0.39 is 0 Å². The number of nitrogens with zero attached hydrogens (tertiary/aromatic N) is 2. The molecule has 1 atom stereocenters. The molecule has 0 bridgehead atoms. The summed E-state index contributed by atoms with van der Waals surface area (Å²) in [5.41, 5.74) is 2.45. The zero-order valence-corrected chi connectivity index (χ0v) is 12.5. The van der Waals surface area contributed by atoms with E-state index in [4.69, 9.17) is 0 Å². The number of H-pyrrole nitrogens is 1. The smallest absolute Gasteiger partial charge is 0.0709 e. The van der Waals surface area contributed by atoms with E-state index in [0.717, 1.165) is 18.0 Å². The molecule has 0 saturated carbocycles. The van der Waals surface area contributed by atoms with Gasteiger partial charge >= 0.3 is 0 Å². The SMILES string of the molecule is CN1CCCC1CCc1[nH]cc2cnc3ccccc3c12. The number of nitrogens with one attached hydrogen (secondary N) is 1. The lowest BCUT2D eigenvalue weighted by atomic mass is 10.0. The summed E-state index contributed by atoms with van der Waals surface area (Å²) in [5, 5.41) is 3.86. The van der Waals surface area contributed by atoms with Crippen molar-refractivity contribution in [1.82, 2.24) is 14.9 Å². The number of pyridine rings is 1. The van der Waals surface area contributed by atoms with Gasteiger partial charge in [-0.15, -0.1) is 0 Å². The van der Waals surface area contributed by atoms with Crippen LogP contribution in [0.25, 0.3) is 21.7 Å². The summed E-state index contributed by atoms with van der Waals surface area (Å²) >= 11 is 0. The van der Waals surface area contributed by atoms with E-state index >= 15 is 0 Å². The summed E-state index contributed by atoms with van der Waals surface area (Å²) in [7, 11) is 2.25. The van der Waals surface area contributed by atoms with Crippen molar-refractivity contribution in [3.63, 3.8) is 0 Å². The van der Waals surface area contributed by atoms with E-state index in [-0.39, 0.29) is 0 Å². The predicted molar refractivity (Wildman–Crippen MR) is 87.6 cm³/mol. The molecular weight excluding hydrogens is 258 g/mol. The van der Waals surface area contributed by atoms with Crippen molar-refractivity contribution in [2.45, 2.75) is 31.7 Å². The third kappa shape index (κ3) is 2.22. The van der Waals surface area contributed by atoms with Crippen LogP contribution in [0.2, 0.25) is 0 Å². The molecular formula is C18H21N3. The van der Waals surface area contributed by atoms with Gasteiger partial charge in [0.1, 0.15) is 0 Å². The van der Waals surface area contributed by atoms with E-state index in [1.54, 1.807) is 0 Å². The molecule has 2 aromatic heterocycles. The quantitative estimate of drug-likeness (QED) is 0.792. The fourth-order valence-electron chi connectivity index (χ4n) is 3.69. The van der Waals surface area contributed by atoms with E-state index in [1.165, 1.54) is 47.7 Å². The number of benzene rings is 1. The third-order valence-electron chi connectivity index (χ3n) is 4.91. The van der Waals surface area contributed by atoms with Gasteiger partial charge in [-0.2, -0.15) is 0 Å². The molecule has 3 aromatic rings. The van der Waals surface area contributed by atoms with Crippen molar-refractivity contribution in [1.29, 1.82) is 0 Å². The van der Waals surface area contributed by atoms with Gasteiger partial charge in [-0.1, -0.05) is 18.2 Å². The summed E-state index contributed by atoms with van der Waals surface area (Å²) in [6.45, 7) is 1.25. The molecule has 1 aromatic carbocycles. The number of likely N-dealkylation sites (tertiary alicyclic amines) is 1. The number of aromatic amines is 1. The molecule has 1 aliphatic rings. The number of aryl methyl sites for hydroxylation is 1. The molecule has 1 fully saturated rings. The van der Waals surface area contributed by atoms with E-state index in [0.29, 0.717) is 0 Å². The van der Waals surface area contributed by atoms with Crippen molar-refractivity contribution in [2.75, 3.05) is 13.6 Å². The van der Waals surface area contributed by atoms with Gasteiger partial charge in [0.05, 0.1) is 5.52 Å². The van der Waals surface area contributed by atoms with Gasteiger partial charge in [-0.3, -0.25) is 4.98 Å². The maximum Gasteiger partial charge on any atom is 0.0709 e. The first-order chi connectivity index (χ1) is 10.3. The molecule has 3 nitrogen and oxygen atoms in total. The second-order valence-electron chi connectivity index (χ2n) is 6.19. The Labute approximate surface area is 125 Å². The highest BCUT2D eigenvalue weighted by molar-refractivity contribution is 6.06. The van der Waals surface area contributed by atoms with Crippen molar-refractivity contribution in [3.8, 4) is 0 Å². The van der Waals surface area contributed by atoms with Crippen molar-refractivity contribution in [3.05, 3.63) is 42.4 Å². The lowest BCUT2D eigenvalue weighted by Gasteiger charge is -2.18. The standard InChI is InChI=1S/C18H21N3/c1-21-10-4-5-14(21)8-9-17-18-13(12-20-17)11-19-16-7-3-2-6-15(16)18/h2-3,6-7,11-12,14,20H,4-5,8-10H2,1H3. The van der Waals surface area contributed by atoms with Crippen LogP contribution >= 0.6 is 0 Å². The minimum Gasteiger partial charge on any atom is -0.364 e. The van der Waals surface area contributed by atoms with Gasteiger partial charge < -0.3 is 9.88 Å². The molecule has 0 spiro atoms. The monoisotopic (exact) mass is 279 g/mol. The van der Waals surface area contributed by atoms with E-state index in [2.05, 4.69) is 52.4 Å². The first-order valence-corrected chi connectivity index (χ1v) is 7.87.